The molecule has 0 unspecified atom stereocenters. The van der Waals surface area contributed by atoms with Crippen molar-refractivity contribution >= 4 is 39.8 Å². The average Bonchev–Trinajstić information content (AvgIpc) is 2.42. The lowest BCUT2D eigenvalue weighted by Gasteiger charge is -2.11. The third kappa shape index (κ3) is 3.72. The summed E-state index contributed by atoms with van der Waals surface area (Å²) in [6.45, 7) is 2.58. The summed E-state index contributed by atoms with van der Waals surface area (Å²) in [5.41, 5.74) is 7.09. The molecule has 0 atom stereocenters. The summed E-state index contributed by atoms with van der Waals surface area (Å²) in [5.74, 6) is 0.751. The molecular weight excluding hydrogens is 372 g/mol. The molecule has 0 fully saturated rings. The van der Waals surface area contributed by atoms with E-state index in [0.717, 1.165) is 15.7 Å². The topological polar surface area (TPSA) is 60.2 Å². The van der Waals surface area contributed by atoms with Gasteiger partial charge in [0.15, 0.2) is 0 Å². The van der Waals surface area contributed by atoms with Gasteiger partial charge in [-0.1, -0.05) is 6.92 Å². The van der Waals surface area contributed by atoms with Crippen molar-refractivity contribution in [1.29, 1.82) is 0 Å². The highest BCUT2D eigenvalue weighted by atomic mass is 127. The lowest BCUT2D eigenvalue weighted by Crippen LogP contribution is -2.03. The number of anilines is 3. The molecule has 2 rings (SSSR count). The van der Waals surface area contributed by atoms with Crippen LogP contribution in [-0.2, 0) is 0 Å². The minimum Gasteiger partial charge on any atom is -0.476 e. The summed E-state index contributed by atoms with van der Waals surface area (Å²) in [6.07, 6.45) is 0.884. The summed E-state index contributed by atoms with van der Waals surface area (Å²) in [4.78, 5) is 4.31. The van der Waals surface area contributed by atoms with Crippen LogP contribution in [0.2, 0.25) is 0 Å². The van der Waals surface area contributed by atoms with Gasteiger partial charge < -0.3 is 15.8 Å². The number of benzene rings is 1. The largest absolute Gasteiger partial charge is 0.476 e. The fraction of sp³-hybridized carbons (Fsp3) is 0.214. The number of nitrogens with zero attached hydrogens (tertiary/aromatic N) is 1. The second kappa shape index (κ2) is 6.74. The van der Waals surface area contributed by atoms with Crippen LogP contribution in [0.3, 0.4) is 0 Å². The van der Waals surface area contributed by atoms with E-state index in [1.165, 1.54) is 12.1 Å². The summed E-state index contributed by atoms with van der Waals surface area (Å²) < 4.78 is 19.3. The van der Waals surface area contributed by atoms with Crippen LogP contribution in [0.15, 0.2) is 30.3 Å². The minimum atomic E-state index is -0.266. The standard InChI is InChI=1S/C14H15FIN3O/c1-2-7-20-14-11(17)4-6-13(19-14)18-12-5-3-9(15)8-10(12)16/h3-6,8H,2,7,17H2,1H3,(H,18,19). The first-order valence-electron chi connectivity index (χ1n) is 6.21. The third-order valence-electron chi connectivity index (χ3n) is 2.53. The number of nitrogens with one attached hydrogen (secondary N) is 1. The van der Waals surface area contributed by atoms with Crippen LogP contribution in [0.5, 0.6) is 5.88 Å². The molecule has 0 spiro atoms. The summed E-state index contributed by atoms with van der Waals surface area (Å²) in [6, 6.07) is 8.01. The third-order valence-corrected chi connectivity index (χ3v) is 3.42. The predicted molar refractivity (Wildman–Crippen MR) is 86.8 cm³/mol. The van der Waals surface area contributed by atoms with E-state index >= 15 is 0 Å². The number of rotatable bonds is 5. The molecule has 1 aromatic carbocycles. The van der Waals surface area contributed by atoms with E-state index < -0.39 is 0 Å². The van der Waals surface area contributed by atoms with Crippen molar-refractivity contribution in [2.24, 2.45) is 0 Å². The predicted octanol–water partition coefficient (Wildman–Crippen LogP) is 3.94. The van der Waals surface area contributed by atoms with E-state index in [2.05, 4.69) is 32.9 Å². The van der Waals surface area contributed by atoms with Gasteiger partial charge in [0.1, 0.15) is 11.6 Å². The summed E-state index contributed by atoms with van der Waals surface area (Å²) >= 11 is 2.06. The molecule has 6 heteroatoms. The van der Waals surface area contributed by atoms with Crippen molar-refractivity contribution in [3.63, 3.8) is 0 Å². The summed E-state index contributed by atoms with van der Waals surface area (Å²) in [5, 5.41) is 3.12. The van der Waals surface area contributed by atoms with Crippen LogP contribution < -0.4 is 15.8 Å². The molecular formula is C14H15FIN3O. The highest BCUT2D eigenvalue weighted by molar-refractivity contribution is 14.1. The number of nitrogen functional groups attached to an aromatic ring is 1. The van der Waals surface area contributed by atoms with Crippen molar-refractivity contribution in [3.8, 4) is 5.88 Å². The monoisotopic (exact) mass is 387 g/mol. The van der Waals surface area contributed by atoms with Gasteiger partial charge in [-0.25, -0.2) is 4.39 Å². The molecule has 1 aromatic heterocycles. The molecule has 0 aliphatic heterocycles. The molecule has 0 bridgehead atoms. The number of ether oxygens (including phenoxy) is 1. The lowest BCUT2D eigenvalue weighted by atomic mass is 10.3. The number of halogens is 2. The SMILES string of the molecule is CCCOc1nc(Nc2ccc(F)cc2I)ccc1N. The molecule has 1 heterocycles. The van der Waals surface area contributed by atoms with E-state index in [1.807, 2.05) is 6.92 Å². The second-order valence-corrected chi connectivity index (χ2v) is 5.35. The van der Waals surface area contributed by atoms with Crippen molar-refractivity contribution < 1.29 is 9.13 Å². The minimum absolute atomic E-state index is 0.266. The zero-order valence-electron chi connectivity index (χ0n) is 11.0. The first-order valence-corrected chi connectivity index (χ1v) is 7.29. The molecule has 2 aromatic rings. The zero-order valence-corrected chi connectivity index (χ0v) is 13.1. The number of aromatic nitrogens is 1. The molecule has 20 heavy (non-hydrogen) atoms. The molecule has 3 N–H and O–H groups in total. The highest BCUT2D eigenvalue weighted by Crippen LogP contribution is 2.26. The molecule has 0 amide bonds. The molecule has 0 saturated heterocycles. The summed E-state index contributed by atoms with van der Waals surface area (Å²) in [7, 11) is 0. The van der Waals surface area contributed by atoms with Crippen LogP contribution in [0.1, 0.15) is 13.3 Å². The Morgan fingerprint density at radius 1 is 1.35 bits per heavy atom. The first kappa shape index (κ1) is 14.8. The van der Waals surface area contributed by atoms with Gasteiger partial charge in [-0.05, 0) is 59.3 Å². The quantitative estimate of drug-likeness (QED) is 0.764. The number of nitrogens with two attached hydrogens (primary N) is 1. The Hall–Kier alpha value is -1.57. The van der Waals surface area contributed by atoms with Crippen LogP contribution in [0.25, 0.3) is 0 Å². The van der Waals surface area contributed by atoms with Crippen LogP contribution >= 0.6 is 22.6 Å². The Morgan fingerprint density at radius 2 is 2.15 bits per heavy atom. The van der Waals surface area contributed by atoms with E-state index in [9.17, 15) is 4.39 Å². The van der Waals surface area contributed by atoms with Crippen molar-refractivity contribution in [3.05, 3.63) is 39.7 Å². The van der Waals surface area contributed by atoms with Gasteiger partial charge in [0.2, 0.25) is 5.88 Å². The molecule has 0 aliphatic rings. The molecule has 4 nitrogen and oxygen atoms in total. The molecule has 0 radical (unpaired) electrons. The lowest BCUT2D eigenvalue weighted by molar-refractivity contribution is 0.307. The smallest absolute Gasteiger partial charge is 0.239 e. The van der Waals surface area contributed by atoms with Gasteiger partial charge in [0.25, 0.3) is 0 Å². The molecule has 106 valence electrons. The molecule has 0 aliphatic carbocycles. The fourth-order valence-electron chi connectivity index (χ4n) is 1.56. The Kier molecular flexibility index (Phi) is 4.99. The van der Waals surface area contributed by atoms with Gasteiger partial charge in [0, 0.05) is 3.57 Å². The Bertz CT molecular complexity index is 607. The van der Waals surface area contributed by atoms with E-state index in [1.54, 1.807) is 18.2 Å². The van der Waals surface area contributed by atoms with Gasteiger partial charge in [-0.15, -0.1) is 0 Å². The maximum Gasteiger partial charge on any atom is 0.239 e. The van der Waals surface area contributed by atoms with Crippen LogP contribution in [-0.4, -0.2) is 11.6 Å². The fourth-order valence-corrected chi connectivity index (χ4v) is 2.18. The Balaban J connectivity index is 2.20. The van der Waals surface area contributed by atoms with Crippen LogP contribution in [0.4, 0.5) is 21.6 Å². The second-order valence-electron chi connectivity index (χ2n) is 4.19. The number of hydrogen-bond acceptors (Lipinski definition) is 4. The maximum absolute atomic E-state index is 13.1. The van der Waals surface area contributed by atoms with E-state index in [4.69, 9.17) is 10.5 Å². The van der Waals surface area contributed by atoms with E-state index in [0.29, 0.717) is 24.0 Å². The normalized spacial score (nSPS) is 10.3. The van der Waals surface area contributed by atoms with Gasteiger partial charge in [-0.3, -0.25) is 0 Å². The van der Waals surface area contributed by atoms with Gasteiger partial charge >= 0.3 is 0 Å². The average molecular weight is 387 g/mol. The number of pyridine rings is 1. The zero-order chi connectivity index (χ0) is 14.5. The van der Waals surface area contributed by atoms with E-state index in [-0.39, 0.29) is 5.82 Å². The van der Waals surface area contributed by atoms with Crippen molar-refractivity contribution in [2.45, 2.75) is 13.3 Å². The van der Waals surface area contributed by atoms with Crippen molar-refractivity contribution in [2.75, 3.05) is 17.7 Å². The molecule has 0 saturated carbocycles. The first-order chi connectivity index (χ1) is 9.60. The van der Waals surface area contributed by atoms with Gasteiger partial charge in [-0.2, -0.15) is 4.98 Å². The number of hydrogen-bond donors (Lipinski definition) is 2. The van der Waals surface area contributed by atoms with Crippen LogP contribution in [0, 0.1) is 9.39 Å². The highest BCUT2D eigenvalue weighted by Gasteiger charge is 2.06. The maximum atomic E-state index is 13.1. The van der Waals surface area contributed by atoms with Crippen molar-refractivity contribution in [1.82, 2.24) is 4.98 Å². The Morgan fingerprint density at radius 3 is 2.85 bits per heavy atom. The van der Waals surface area contributed by atoms with Gasteiger partial charge in [0.05, 0.1) is 18.0 Å². The Labute approximate surface area is 130 Å².